The molecule has 0 saturated carbocycles. The van der Waals surface area contributed by atoms with E-state index in [2.05, 4.69) is 11.9 Å². The molecule has 1 amide bonds. The lowest BCUT2D eigenvalue weighted by atomic mass is 9.89. The van der Waals surface area contributed by atoms with Gasteiger partial charge in [-0.05, 0) is 0 Å². The monoisotopic (exact) mass is 319 g/mol. The zero-order valence-corrected chi connectivity index (χ0v) is 12.2. The van der Waals surface area contributed by atoms with Crippen molar-refractivity contribution in [1.82, 2.24) is 5.32 Å². The summed E-state index contributed by atoms with van der Waals surface area (Å²) >= 11 is 0. The minimum atomic E-state index is -1.76. The molecule has 1 heterocycles. The summed E-state index contributed by atoms with van der Waals surface area (Å²) in [6.45, 7) is 3.87. The second-order valence-corrected chi connectivity index (χ2v) is 4.76. The maximum absolute atomic E-state index is 10.9. The van der Waals surface area contributed by atoms with E-state index in [9.17, 15) is 24.9 Å². The van der Waals surface area contributed by atoms with Gasteiger partial charge < -0.3 is 34.8 Å². The Balaban J connectivity index is 2.77. The second kappa shape index (κ2) is 8.20. The SMILES string of the molecule is C=CC(=O)OCCO[C@@]1(NC=O)OC(CO)C(O)C(O)C1C. The van der Waals surface area contributed by atoms with Gasteiger partial charge in [-0.2, -0.15) is 0 Å². The molecular weight excluding hydrogens is 298 g/mol. The van der Waals surface area contributed by atoms with E-state index in [1.54, 1.807) is 0 Å². The predicted molar refractivity (Wildman–Crippen MR) is 72.2 cm³/mol. The van der Waals surface area contributed by atoms with Crippen LogP contribution in [0.3, 0.4) is 0 Å². The minimum Gasteiger partial charge on any atom is -0.460 e. The van der Waals surface area contributed by atoms with Crippen LogP contribution >= 0.6 is 0 Å². The Morgan fingerprint density at radius 2 is 2.09 bits per heavy atom. The molecule has 1 saturated heterocycles. The molecule has 0 radical (unpaired) electrons. The summed E-state index contributed by atoms with van der Waals surface area (Å²) in [6.07, 6.45) is -2.47. The normalized spacial score (nSPS) is 34.7. The average molecular weight is 319 g/mol. The van der Waals surface area contributed by atoms with Crippen molar-refractivity contribution in [3.8, 4) is 0 Å². The summed E-state index contributed by atoms with van der Waals surface area (Å²) in [5, 5.41) is 31.3. The standard InChI is InChI=1S/C13H21NO8/c1-3-10(17)20-4-5-21-13(14-7-16)8(2)11(18)12(19)9(6-15)22-13/h3,7-9,11-12,15,18-19H,1,4-6H2,2H3,(H,14,16)/t8?,9?,11?,12?,13-/m1/s1. The van der Waals surface area contributed by atoms with E-state index < -0.39 is 42.7 Å². The van der Waals surface area contributed by atoms with Gasteiger partial charge in [0.15, 0.2) is 0 Å². The van der Waals surface area contributed by atoms with Gasteiger partial charge in [0, 0.05) is 6.08 Å². The number of hydrogen-bond donors (Lipinski definition) is 4. The van der Waals surface area contributed by atoms with Crippen LogP contribution in [0.4, 0.5) is 0 Å². The Kier molecular flexibility index (Phi) is 6.91. The van der Waals surface area contributed by atoms with Gasteiger partial charge in [-0.3, -0.25) is 4.79 Å². The van der Waals surface area contributed by atoms with E-state index in [0.717, 1.165) is 6.08 Å². The lowest BCUT2D eigenvalue weighted by molar-refractivity contribution is -0.358. The summed E-state index contributed by atoms with van der Waals surface area (Å²) in [7, 11) is 0. The number of aliphatic hydroxyl groups is 3. The first-order valence-electron chi connectivity index (χ1n) is 6.71. The predicted octanol–water partition coefficient (Wildman–Crippen LogP) is -2.12. The highest BCUT2D eigenvalue weighted by Gasteiger charge is 2.53. The van der Waals surface area contributed by atoms with E-state index in [1.807, 2.05) is 0 Å². The number of rotatable bonds is 8. The van der Waals surface area contributed by atoms with Crippen LogP contribution in [0, 0.1) is 5.92 Å². The summed E-state index contributed by atoms with van der Waals surface area (Å²) < 4.78 is 15.5. The molecular formula is C13H21NO8. The number of hydrogen-bond acceptors (Lipinski definition) is 8. The molecule has 0 spiro atoms. The van der Waals surface area contributed by atoms with Gasteiger partial charge in [0.2, 0.25) is 6.41 Å². The summed E-state index contributed by atoms with van der Waals surface area (Å²) in [6, 6.07) is 0. The van der Waals surface area contributed by atoms with Crippen LogP contribution in [0.2, 0.25) is 0 Å². The zero-order chi connectivity index (χ0) is 16.8. The van der Waals surface area contributed by atoms with Crippen molar-refractivity contribution in [2.24, 2.45) is 5.92 Å². The number of carbonyl (C=O) groups excluding carboxylic acids is 2. The molecule has 22 heavy (non-hydrogen) atoms. The Hall–Kier alpha value is -1.52. The van der Waals surface area contributed by atoms with Crippen LogP contribution in [0.5, 0.6) is 0 Å². The molecule has 0 bridgehead atoms. The number of aliphatic hydroxyl groups excluding tert-OH is 3. The highest BCUT2D eigenvalue weighted by Crippen LogP contribution is 2.33. The summed E-state index contributed by atoms with van der Waals surface area (Å²) in [5.41, 5.74) is 0. The van der Waals surface area contributed by atoms with Crippen molar-refractivity contribution in [1.29, 1.82) is 0 Å². The molecule has 4 N–H and O–H groups in total. The third kappa shape index (κ3) is 4.02. The largest absolute Gasteiger partial charge is 0.460 e. The van der Waals surface area contributed by atoms with Gasteiger partial charge in [-0.1, -0.05) is 13.5 Å². The molecule has 126 valence electrons. The summed E-state index contributed by atoms with van der Waals surface area (Å²) in [4.78, 5) is 21.7. The molecule has 1 aliphatic heterocycles. The topological polar surface area (TPSA) is 135 Å². The molecule has 0 aromatic heterocycles. The van der Waals surface area contributed by atoms with E-state index in [0.29, 0.717) is 6.41 Å². The molecule has 0 aromatic rings. The summed E-state index contributed by atoms with van der Waals surface area (Å²) in [5.74, 6) is -3.23. The highest BCUT2D eigenvalue weighted by molar-refractivity contribution is 5.81. The zero-order valence-electron chi connectivity index (χ0n) is 12.2. The lowest BCUT2D eigenvalue weighted by Gasteiger charge is -2.48. The second-order valence-electron chi connectivity index (χ2n) is 4.76. The van der Waals surface area contributed by atoms with E-state index >= 15 is 0 Å². The molecule has 0 aromatic carbocycles. The van der Waals surface area contributed by atoms with Gasteiger partial charge in [-0.25, -0.2) is 4.79 Å². The fraction of sp³-hybridized carbons (Fsp3) is 0.692. The van der Waals surface area contributed by atoms with Crippen LogP contribution in [0.25, 0.3) is 0 Å². The van der Waals surface area contributed by atoms with Gasteiger partial charge in [0.05, 0.1) is 25.2 Å². The number of amides is 1. The Morgan fingerprint density at radius 1 is 1.41 bits per heavy atom. The van der Waals surface area contributed by atoms with Crippen LogP contribution in [0.1, 0.15) is 6.92 Å². The molecule has 1 aliphatic rings. The third-order valence-electron chi connectivity index (χ3n) is 3.42. The lowest BCUT2D eigenvalue weighted by Crippen LogP contribution is -2.68. The molecule has 0 aliphatic carbocycles. The first-order chi connectivity index (χ1) is 10.4. The van der Waals surface area contributed by atoms with E-state index in [4.69, 9.17) is 14.2 Å². The van der Waals surface area contributed by atoms with Gasteiger partial charge in [0.25, 0.3) is 5.91 Å². The number of ether oxygens (including phenoxy) is 3. The Labute approximate surface area is 127 Å². The van der Waals surface area contributed by atoms with Crippen LogP contribution in [-0.2, 0) is 23.8 Å². The van der Waals surface area contributed by atoms with Gasteiger partial charge >= 0.3 is 5.97 Å². The van der Waals surface area contributed by atoms with Crippen LogP contribution in [-0.4, -0.2) is 71.7 Å². The Bertz CT molecular complexity index is 402. The maximum Gasteiger partial charge on any atom is 0.330 e. The molecule has 9 heteroatoms. The maximum atomic E-state index is 10.9. The van der Waals surface area contributed by atoms with Crippen molar-refractivity contribution in [2.75, 3.05) is 19.8 Å². The van der Waals surface area contributed by atoms with E-state index in [1.165, 1.54) is 6.92 Å². The smallest absolute Gasteiger partial charge is 0.330 e. The van der Waals surface area contributed by atoms with Crippen LogP contribution < -0.4 is 5.32 Å². The molecule has 9 nitrogen and oxygen atoms in total. The Morgan fingerprint density at radius 3 is 2.64 bits per heavy atom. The fourth-order valence-corrected chi connectivity index (χ4v) is 2.14. The van der Waals surface area contributed by atoms with Crippen molar-refractivity contribution < 1.29 is 39.1 Å². The minimum absolute atomic E-state index is 0.133. The van der Waals surface area contributed by atoms with Crippen molar-refractivity contribution in [3.63, 3.8) is 0 Å². The quantitative estimate of drug-likeness (QED) is 0.131. The first-order valence-corrected chi connectivity index (χ1v) is 6.71. The van der Waals surface area contributed by atoms with E-state index in [-0.39, 0.29) is 13.2 Å². The van der Waals surface area contributed by atoms with Crippen molar-refractivity contribution in [3.05, 3.63) is 12.7 Å². The number of nitrogens with one attached hydrogen (secondary N) is 1. The third-order valence-corrected chi connectivity index (χ3v) is 3.42. The van der Waals surface area contributed by atoms with Crippen LogP contribution in [0.15, 0.2) is 12.7 Å². The molecule has 1 fully saturated rings. The fourth-order valence-electron chi connectivity index (χ4n) is 2.14. The molecule has 1 rings (SSSR count). The average Bonchev–Trinajstić information content (AvgIpc) is 2.52. The van der Waals surface area contributed by atoms with Gasteiger partial charge in [0.1, 0.15) is 18.8 Å². The molecule has 4 unspecified atom stereocenters. The number of carbonyl (C=O) groups is 2. The number of esters is 1. The van der Waals surface area contributed by atoms with Gasteiger partial charge in [-0.15, -0.1) is 0 Å². The van der Waals surface area contributed by atoms with Crippen molar-refractivity contribution >= 4 is 12.4 Å². The van der Waals surface area contributed by atoms with Crippen molar-refractivity contribution in [2.45, 2.75) is 31.1 Å². The highest BCUT2D eigenvalue weighted by atomic mass is 16.7. The first kappa shape index (κ1) is 18.5. The molecule has 5 atom stereocenters.